The summed E-state index contributed by atoms with van der Waals surface area (Å²) in [6, 6.07) is 41.8. The van der Waals surface area contributed by atoms with Crippen LogP contribution in [0.4, 0.5) is 0 Å². The van der Waals surface area contributed by atoms with Gasteiger partial charge in [-0.3, -0.25) is 10.9 Å². The van der Waals surface area contributed by atoms with E-state index in [2.05, 4.69) is 123 Å². The molecule has 0 aromatic heterocycles. The summed E-state index contributed by atoms with van der Waals surface area (Å²) in [4.78, 5) is 0. The Bertz CT molecular complexity index is 1370. The predicted molar refractivity (Wildman–Crippen MR) is 180 cm³/mol. The summed E-state index contributed by atoms with van der Waals surface area (Å²) >= 11 is 10.9. The van der Waals surface area contributed by atoms with E-state index in [1.54, 1.807) is 7.05 Å². The Kier molecular flexibility index (Phi) is 10.5. The highest BCUT2D eigenvalue weighted by molar-refractivity contribution is 7.95. The standard InChI is InChI=1S/C31H31N6PS2/c1-24(29(35-36-30(39)32-2)25-15-7-3-8-16-25)34-37-31(40)33-23-38(26-17-9-4-10-18-26,27-19-11-5-12-20-27)28-21-13-6-14-22-28/h3-22H,23H2,1-2H3,(H3-,32,33,34,35,36,37,39,40)/p+1. The van der Waals surface area contributed by atoms with Crippen LogP contribution in [0.2, 0.25) is 0 Å². The minimum absolute atomic E-state index is 0.412. The second-order valence-electron chi connectivity index (χ2n) is 8.81. The van der Waals surface area contributed by atoms with E-state index in [-0.39, 0.29) is 0 Å². The maximum absolute atomic E-state index is 5.72. The van der Waals surface area contributed by atoms with Crippen molar-refractivity contribution in [3.63, 3.8) is 0 Å². The molecule has 0 amide bonds. The number of rotatable bonds is 9. The smallest absolute Gasteiger partial charge is 0.189 e. The number of thiocarbonyl (C=S) groups is 2. The highest BCUT2D eigenvalue weighted by atomic mass is 32.1. The van der Waals surface area contributed by atoms with Gasteiger partial charge in [0.2, 0.25) is 0 Å². The molecule has 0 atom stereocenters. The minimum atomic E-state index is -2.09. The van der Waals surface area contributed by atoms with Gasteiger partial charge >= 0.3 is 0 Å². The van der Waals surface area contributed by atoms with Crippen LogP contribution in [0.15, 0.2) is 132 Å². The third kappa shape index (κ3) is 7.16. The highest BCUT2D eigenvalue weighted by Crippen LogP contribution is 2.54. The lowest BCUT2D eigenvalue weighted by atomic mass is 10.1. The summed E-state index contributed by atoms with van der Waals surface area (Å²) in [5.74, 6) is 0. The van der Waals surface area contributed by atoms with Gasteiger partial charge in [-0.15, -0.1) is 0 Å². The molecule has 0 spiro atoms. The molecule has 4 aromatic rings. The number of hydrogen-bond acceptors (Lipinski definition) is 4. The molecule has 0 radical (unpaired) electrons. The second kappa shape index (κ2) is 14.4. The zero-order valence-electron chi connectivity index (χ0n) is 22.4. The van der Waals surface area contributed by atoms with Crippen LogP contribution in [0.25, 0.3) is 0 Å². The number of benzene rings is 4. The van der Waals surface area contributed by atoms with Gasteiger partial charge in [-0.25, -0.2) is 0 Å². The lowest BCUT2D eigenvalue weighted by Gasteiger charge is -2.28. The van der Waals surface area contributed by atoms with Crippen LogP contribution in [-0.2, 0) is 0 Å². The Morgan fingerprint density at radius 3 is 1.50 bits per heavy atom. The molecule has 0 aliphatic carbocycles. The van der Waals surface area contributed by atoms with E-state index in [9.17, 15) is 0 Å². The van der Waals surface area contributed by atoms with Crippen LogP contribution in [0.1, 0.15) is 12.5 Å². The van der Waals surface area contributed by atoms with Crippen molar-refractivity contribution in [2.24, 2.45) is 10.2 Å². The number of nitrogens with one attached hydrogen (secondary N) is 4. The Labute approximate surface area is 247 Å². The van der Waals surface area contributed by atoms with Crippen LogP contribution in [0.5, 0.6) is 0 Å². The average molecular weight is 584 g/mol. The van der Waals surface area contributed by atoms with Gasteiger partial charge in [-0.05, 0) is 67.8 Å². The molecule has 202 valence electrons. The lowest BCUT2D eigenvalue weighted by molar-refractivity contribution is 0.957. The second-order valence-corrected chi connectivity index (χ2v) is 13.1. The molecule has 0 aliphatic heterocycles. The molecule has 6 nitrogen and oxygen atoms in total. The van der Waals surface area contributed by atoms with Crippen LogP contribution in [0.3, 0.4) is 0 Å². The van der Waals surface area contributed by atoms with Gasteiger partial charge in [0, 0.05) is 12.6 Å². The first-order valence-electron chi connectivity index (χ1n) is 12.8. The fourth-order valence-corrected chi connectivity index (χ4v) is 8.45. The van der Waals surface area contributed by atoms with Gasteiger partial charge in [0.15, 0.2) is 10.2 Å². The molecule has 9 heteroatoms. The summed E-state index contributed by atoms with van der Waals surface area (Å²) in [6.45, 7) is 1.88. The van der Waals surface area contributed by atoms with E-state index in [0.717, 1.165) is 5.56 Å². The maximum atomic E-state index is 5.72. The number of nitrogens with zero attached hydrogens (tertiary/aromatic N) is 2. The summed E-state index contributed by atoms with van der Waals surface area (Å²) in [7, 11) is -0.350. The lowest BCUT2D eigenvalue weighted by Crippen LogP contribution is -2.42. The Balaban J connectivity index is 1.61. The molecule has 40 heavy (non-hydrogen) atoms. The maximum Gasteiger partial charge on any atom is 0.189 e. The van der Waals surface area contributed by atoms with E-state index in [0.29, 0.717) is 27.9 Å². The Morgan fingerprint density at radius 1 is 0.625 bits per heavy atom. The molecular weight excluding hydrogens is 551 g/mol. The molecule has 0 fully saturated rings. The topological polar surface area (TPSA) is 72.8 Å². The molecule has 0 bridgehead atoms. The first kappa shape index (κ1) is 29.0. The van der Waals surface area contributed by atoms with E-state index in [1.807, 2.05) is 37.3 Å². The van der Waals surface area contributed by atoms with Crippen LogP contribution < -0.4 is 37.4 Å². The predicted octanol–water partition coefficient (Wildman–Crippen LogP) is 4.28. The normalized spacial score (nSPS) is 11.8. The Morgan fingerprint density at radius 2 is 1.05 bits per heavy atom. The third-order valence-corrected chi connectivity index (χ3v) is 11.0. The van der Waals surface area contributed by atoms with Crippen molar-refractivity contribution in [2.45, 2.75) is 6.92 Å². The Hall–Kier alpha value is -3.97. The number of hydrazone groups is 2. The van der Waals surface area contributed by atoms with Crippen LogP contribution in [-0.4, -0.2) is 35.0 Å². The monoisotopic (exact) mass is 583 g/mol. The molecular formula is C31H32N6PS2+. The third-order valence-electron chi connectivity index (χ3n) is 6.28. The SMILES string of the molecule is CNC(=S)NN=C(C(C)=NNC(=S)NC[P+](c1ccccc1)(c1ccccc1)c1ccccc1)c1ccccc1. The summed E-state index contributed by atoms with van der Waals surface area (Å²) in [5.41, 5.74) is 8.08. The van der Waals surface area contributed by atoms with Crippen molar-refractivity contribution in [3.8, 4) is 0 Å². The molecule has 0 saturated heterocycles. The van der Waals surface area contributed by atoms with E-state index in [1.165, 1.54) is 15.9 Å². The van der Waals surface area contributed by atoms with Gasteiger partial charge in [0.1, 0.15) is 35.2 Å². The largest absolute Gasteiger partial charge is 0.364 e. The van der Waals surface area contributed by atoms with E-state index in [4.69, 9.17) is 24.4 Å². The first-order valence-corrected chi connectivity index (χ1v) is 15.6. The average Bonchev–Trinajstić information content (AvgIpc) is 3.02. The van der Waals surface area contributed by atoms with Crippen molar-refractivity contribution in [1.82, 2.24) is 21.5 Å². The fourth-order valence-electron chi connectivity index (χ4n) is 4.30. The van der Waals surface area contributed by atoms with Crippen molar-refractivity contribution < 1.29 is 0 Å². The fraction of sp³-hybridized carbons (Fsp3) is 0.0968. The van der Waals surface area contributed by atoms with Gasteiger partial charge in [-0.1, -0.05) is 84.9 Å². The summed E-state index contributed by atoms with van der Waals surface area (Å²) in [5, 5.41) is 20.0. The first-order chi connectivity index (χ1) is 19.5. The minimum Gasteiger partial charge on any atom is -0.364 e. The van der Waals surface area contributed by atoms with E-state index < -0.39 is 7.26 Å². The molecule has 0 heterocycles. The van der Waals surface area contributed by atoms with Gasteiger partial charge < -0.3 is 10.6 Å². The highest BCUT2D eigenvalue weighted by Gasteiger charge is 2.45. The van der Waals surface area contributed by atoms with Crippen molar-refractivity contribution >= 4 is 69.3 Å². The molecule has 4 rings (SSSR count). The van der Waals surface area contributed by atoms with Gasteiger partial charge in [0.05, 0.1) is 5.71 Å². The van der Waals surface area contributed by atoms with Gasteiger partial charge in [0.25, 0.3) is 0 Å². The quantitative estimate of drug-likeness (QED) is 0.102. The summed E-state index contributed by atoms with van der Waals surface area (Å²) in [6.07, 6.45) is 0.628. The van der Waals surface area contributed by atoms with Gasteiger partial charge in [-0.2, -0.15) is 10.2 Å². The molecule has 0 saturated carbocycles. The molecule has 4 N–H and O–H groups in total. The van der Waals surface area contributed by atoms with Crippen molar-refractivity contribution in [2.75, 3.05) is 13.3 Å². The molecule has 0 unspecified atom stereocenters. The zero-order chi connectivity index (χ0) is 28.2. The van der Waals surface area contributed by atoms with Crippen molar-refractivity contribution in [3.05, 3.63) is 127 Å². The summed E-state index contributed by atoms with van der Waals surface area (Å²) < 4.78 is 0. The van der Waals surface area contributed by atoms with Crippen molar-refractivity contribution in [1.29, 1.82) is 0 Å². The molecule has 0 aliphatic rings. The number of hydrogen-bond donors (Lipinski definition) is 4. The van der Waals surface area contributed by atoms with Crippen LogP contribution >= 0.6 is 31.7 Å². The molecule has 4 aromatic carbocycles. The zero-order valence-corrected chi connectivity index (χ0v) is 24.9. The van der Waals surface area contributed by atoms with E-state index >= 15 is 0 Å². The van der Waals surface area contributed by atoms with Crippen LogP contribution in [0, 0.1) is 0 Å².